The maximum Gasteiger partial charge on any atom is 0.488 e. The maximum absolute atomic E-state index is 13.9. The number of hydrogen-bond donors (Lipinski definition) is 3. The summed E-state index contributed by atoms with van der Waals surface area (Å²) < 4.78 is 51.8. The number of halogens is 4. The number of benzene rings is 1. The lowest BCUT2D eigenvalue weighted by Gasteiger charge is -2.12. The quantitative estimate of drug-likeness (QED) is 0.583. The van der Waals surface area contributed by atoms with Gasteiger partial charge in [0.25, 0.3) is 5.91 Å². The van der Waals surface area contributed by atoms with E-state index >= 15 is 0 Å². The van der Waals surface area contributed by atoms with Crippen molar-refractivity contribution >= 4 is 24.2 Å². The Bertz CT molecular complexity index is 781. The number of alkyl halides is 3. The Morgan fingerprint density at radius 1 is 1.25 bits per heavy atom. The van der Waals surface area contributed by atoms with Gasteiger partial charge in [-0.15, -0.1) is 0 Å². The largest absolute Gasteiger partial charge is 0.488 e. The first kappa shape index (κ1) is 17.9. The van der Waals surface area contributed by atoms with Crippen molar-refractivity contribution in [2.75, 3.05) is 5.32 Å². The molecule has 0 bridgehead atoms. The number of amides is 1. The molecule has 1 aromatic heterocycles. The van der Waals surface area contributed by atoms with E-state index in [1.54, 1.807) is 0 Å². The van der Waals surface area contributed by atoms with Crippen LogP contribution in [0.4, 0.5) is 23.2 Å². The van der Waals surface area contributed by atoms with Gasteiger partial charge in [-0.05, 0) is 42.2 Å². The molecule has 1 aromatic carbocycles. The van der Waals surface area contributed by atoms with Gasteiger partial charge in [-0.2, -0.15) is 13.2 Å². The predicted molar refractivity (Wildman–Crippen MR) is 78.2 cm³/mol. The summed E-state index contributed by atoms with van der Waals surface area (Å²) in [5.74, 6) is -1.94. The fourth-order valence-corrected chi connectivity index (χ4v) is 1.98. The van der Waals surface area contributed by atoms with Crippen molar-refractivity contribution in [2.45, 2.75) is 13.1 Å². The van der Waals surface area contributed by atoms with Gasteiger partial charge in [0, 0.05) is 6.20 Å². The van der Waals surface area contributed by atoms with E-state index in [9.17, 15) is 32.4 Å². The van der Waals surface area contributed by atoms with Crippen LogP contribution in [0.15, 0.2) is 30.5 Å². The summed E-state index contributed by atoms with van der Waals surface area (Å²) in [7, 11) is -1.90. The van der Waals surface area contributed by atoms with E-state index in [1.807, 2.05) is 0 Å². The number of carbonyl (C=O) groups excluding carboxylic acids is 1. The number of nitrogens with one attached hydrogen (secondary N) is 1. The van der Waals surface area contributed by atoms with Gasteiger partial charge >= 0.3 is 13.3 Å². The third-order valence-corrected chi connectivity index (χ3v) is 3.20. The van der Waals surface area contributed by atoms with E-state index in [-0.39, 0.29) is 11.0 Å². The van der Waals surface area contributed by atoms with E-state index in [2.05, 4.69) is 10.3 Å². The lowest BCUT2D eigenvalue weighted by Crippen LogP contribution is -2.33. The molecule has 126 valence electrons. The Morgan fingerprint density at radius 3 is 2.50 bits per heavy atom. The zero-order valence-corrected chi connectivity index (χ0v) is 12.2. The van der Waals surface area contributed by atoms with Crippen LogP contribution in [0.3, 0.4) is 0 Å². The minimum Gasteiger partial charge on any atom is -0.423 e. The van der Waals surface area contributed by atoms with Crippen molar-refractivity contribution in [2.24, 2.45) is 0 Å². The van der Waals surface area contributed by atoms with Gasteiger partial charge in [-0.25, -0.2) is 4.39 Å². The minimum atomic E-state index is -4.65. The molecule has 0 atom stereocenters. The minimum absolute atomic E-state index is 0.0521. The van der Waals surface area contributed by atoms with Gasteiger partial charge in [0.2, 0.25) is 0 Å². The number of pyridine rings is 1. The Kier molecular flexibility index (Phi) is 4.90. The Labute approximate surface area is 134 Å². The summed E-state index contributed by atoms with van der Waals surface area (Å²) in [5, 5.41) is 20.4. The van der Waals surface area contributed by atoms with Crippen molar-refractivity contribution < 1.29 is 32.4 Å². The monoisotopic (exact) mass is 342 g/mol. The van der Waals surface area contributed by atoms with Crippen LogP contribution in [0.1, 0.15) is 21.6 Å². The van der Waals surface area contributed by atoms with E-state index in [0.717, 1.165) is 18.3 Å². The molecule has 24 heavy (non-hydrogen) atoms. The summed E-state index contributed by atoms with van der Waals surface area (Å²) in [6, 6.07) is 3.18. The Balaban J connectivity index is 2.32. The number of rotatable bonds is 3. The summed E-state index contributed by atoms with van der Waals surface area (Å²) in [4.78, 5) is 15.5. The number of aromatic nitrogens is 1. The zero-order chi connectivity index (χ0) is 18.1. The van der Waals surface area contributed by atoms with Crippen molar-refractivity contribution in [3.8, 4) is 0 Å². The maximum atomic E-state index is 13.9. The van der Waals surface area contributed by atoms with Crippen LogP contribution < -0.4 is 10.8 Å². The number of anilines is 1. The highest BCUT2D eigenvalue weighted by molar-refractivity contribution is 6.59. The molecule has 2 aromatic rings. The van der Waals surface area contributed by atoms with E-state index in [4.69, 9.17) is 0 Å². The lowest BCUT2D eigenvalue weighted by atomic mass is 9.77. The third-order valence-electron chi connectivity index (χ3n) is 3.20. The Hall–Kier alpha value is -2.46. The van der Waals surface area contributed by atoms with Gasteiger partial charge in [-0.3, -0.25) is 9.78 Å². The second kappa shape index (κ2) is 6.58. The van der Waals surface area contributed by atoms with Gasteiger partial charge in [-0.1, -0.05) is 0 Å². The molecule has 0 saturated heterocycles. The van der Waals surface area contributed by atoms with E-state index in [1.165, 1.54) is 6.92 Å². The Morgan fingerprint density at radius 2 is 1.92 bits per heavy atom. The average Bonchev–Trinajstić information content (AvgIpc) is 2.48. The predicted octanol–water partition coefficient (Wildman–Crippen LogP) is 1.48. The number of carbonyl (C=O) groups is 1. The van der Waals surface area contributed by atoms with Crippen molar-refractivity contribution in [1.82, 2.24) is 4.98 Å². The second-order valence-electron chi connectivity index (χ2n) is 4.94. The molecular weight excluding hydrogens is 331 g/mol. The number of hydrogen-bond acceptors (Lipinski definition) is 4. The number of nitrogens with zero attached hydrogens (tertiary/aromatic N) is 1. The van der Waals surface area contributed by atoms with Crippen LogP contribution in [0.5, 0.6) is 0 Å². The molecule has 0 aliphatic carbocycles. The highest BCUT2D eigenvalue weighted by atomic mass is 19.4. The molecule has 3 N–H and O–H groups in total. The summed E-state index contributed by atoms with van der Waals surface area (Å²) >= 11 is 0. The first-order valence-corrected chi connectivity index (χ1v) is 6.60. The van der Waals surface area contributed by atoms with Crippen molar-refractivity contribution in [1.29, 1.82) is 0 Å². The van der Waals surface area contributed by atoms with Gasteiger partial charge in [0.15, 0.2) is 0 Å². The van der Waals surface area contributed by atoms with Crippen LogP contribution in [-0.2, 0) is 6.18 Å². The molecule has 2 rings (SSSR count). The topological polar surface area (TPSA) is 82.5 Å². The second-order valence-corrected chi connectivity index (χ2v) is 4.94. The van der Waals surface area contributed by atoms with Gasteiger partial charge in [0.05, 0.1) is 11.3 Å². The molecule has 0 fully saturated rings. The van der Waals surface area contributed by atoms with Crippen LogP contribution in [-0.4, -0.2) is 28.1 Å². The first-order chi connectivity index (χ1) is 11.1. The summed E-state index contributed by atoms with van der Waals surface area (Å²) in [6.45, 7) is 1.43. The highest BCUT2D eigenvalue weighted by Crippen LogP contribution is 2.29. The van der Waals surface area contributed by atoms with Crippen molar-refractivity contribution in [3.63, 3.8) is 0 Å². The lowest BCUT2D eigenvalue weighted by molar-refractivity contribution is -0.137. The molecule has 1 heterocycles. The van der Waals surface area contributed by atoms with Crippen LogP contribution in [0.2, 0.25) is 0 Å². The highest BCUT2D eigenvalue weighted by Gasteiger charge is 2.31. The molecule has 0 unspecified atom stereocenters. The molecular formula is C14H11BF4N2O3. The fraction of sp³-hybridized carbons (Fsp3) is 0.143. The van der Waals surface area contributed by atoms with Crippen LogP contribution in [0.25, 0.3) is 0 Å². The number of aryl methyl sites for hydroxylation is 1. The molecule has 0 saturated carbocycles. The van der Waals surface area contributed by atoms with E-state index < -0.39 is 42.0 Å². The molecule has 5 nitrogen and oxygen atoms in total. The molecule has 10 heteroatoms. The fourth-order valence-electron chi connectivity index (χ4n) is 1.98. The summed E-state index contributed by atoms with van der Waals surface area (Å²) in [6.07, 6.45) is -3.84. The van der Waals surface area contributed by atoms with E-state index in [0.29, 0.717) is 12.1 Å². The van der Waals surface area contributed by atoms with Crippen molar-refractivity contribution in [3.05, 3.63) is 53.1 Å². The normalized spacial score (nSPS) is 11.3. The molecule has 0 radical (unpaired) electrons. The van der Waals surface area contributed by atoms with Gasteiger partial charge in [0.1, 0.15) is 11.5 Å². The molecule has 0 aliphatic rings. The zero-order valence-electron chi connectivity index (χ0n) is 12.2. The SMILES string of the molecule is Cc1cc(F)c(NC(=O)c2cc(C(F)(F)F)ccn2)cc1B(O)O. The van der Waals surface area contributed by atoms with Crippen LogP contribution in [0, 0.1) is 12.7 Å². The third kappa shape index (κ3) is 3.89. The van der Waals surface area contributed by atoms with Gasteiger partial charge < -0.3 is 15.4 Å². The first-order valence-electron chi connectivity index (χ1n) is 6.60. The van der Waals surface area contributed by atoms with Crippen LogP contribution >= 0.6 is 0 Å². The molecule has 0 aliphatic heterocycles. The smallest absolute Gasteiger partial charge is 0.423 e. The summed E-state index contributed by atoms with van der Waals surface area (Å²) in [5.41, 5.74) is -1.86. The average molecular weight is 342 g/mol. The molecule has 1 amide bonds. The molecule has 0 spiro atoms. The standard InChI is InChI=1S/C14H11BF4N2O3/c1-7-4-10(16)11(6-9(7)15(23)24)21-13(22)12-5-8(2-3-20-12)14(17,18)19/h2-6,23-24H,1H3,(H,21,22).